The maximum Gasteiger partial charge on any atom is 0.408 e. The van der Waals surface area contributed by atoms with E-state index in [9.17, 15) is 14.0 Å². The van der Waals surface area contributed by atoms with Crippen molar-refractivity contribution in [2.45, 2.75) is 57.2 Å². The van der Waals surface area contributed by atoms with Gasteiger partial charge in [0, 0.05) is 38.8 Å². The summed E-state index contributed by atoms with van der Waals surface area (Å²) in [6.45, 7) is 5.45. The second kappa shape index (κ2) is 8.55. The van der Waals surface area contributed by atoms with Crippen molar-refractivity contribution in [3.8, 4) is 0 Å². The lowest BCUT2D eigenvalue weighted by molar-refractivity contribution is -0.140. The fraction of sp³-hybridized carbons (Fsp3) is 0.440. The molecule has 0 radical (unpaired) electrons. The molecule has 1 atom stereocenters. The van der Waals surface area contributed by atoms with Crippen molar-refractivity contribution in [2.24, 2.45) is 10.4 Å². The monoisotopic (exact) mass is 532 g/mol. The first-order valence-corrected chi connectivity index (χ1v) is 12.7. The number of methoxy groups -OCH3 is 1. The Kier molecular flexibility index (Phi) is 5.87. The van der Waals surface area contributed by atoms with Gasteiger partial charge in [0.25, 0.3) is 0 Å². The Balaban J connectivity index is 1.52. The van der Waals surface area contributed by atoms with Crippen LogP contribution in [0.1, 0.15) is 56.6 Å². The molecule has 8 nitrogen and oxygen atoms in total. The van der Waals surface area contributed by atoms with Gasteiger partial charge < -0.3 is 20.1 Å². The van der Waals surface area contributed by atoms with Crippen LogP contribution in [0.2, 0.25) is 5.02 Å². The fourth-order valence-corrected chi connectivity index (χ4v) is 6.25. The number of benzene rings is 1. The first kappa shape index (κ1) is 24.7. The molecule has 0 saturated heterocycles. The minimum absolute atomic E-state index is 0.158. The minimum atomic E-state index is -0.815. The van der Waals surface area contributed by atoms with Crippen LogP contribution in [-0.4, -0.2) is 41.1 Å². The van der Waals surface area contributed by atoms with Crippen LogP contribution in [0, 0.1) is 11.2 Å². The molecule has 6 rings (SSSR count). The van der Waals surface area contributed by atoms with E-state index in [0.717, 1.165) is 0 Å². The van der Waals surface area contributed by atoms with Gasteiger partial charge in [0.05, 0.1) is 12.7 Å². The number of nitrogens with one attached hydrogen (secondary N) is 2. The van der Waals surface area contributed by atoms with Crippen molar-refractivity contribution in [1.29, 1.82) is 0 Å². The summed E-state index contributed by atoms with van der Waals surface area (Å²) in [5.74, 6) is -0.541. The molecular formula is C25H26ClFN4O4S. The number of thiazole rings is 1. The average molecular weight is 533 g/mol. The zero-order valence-corrected chi connectivity index (χ0v) is 21.8. The highest BCUT2D eigenvalue weighted by Crippen LogP contribution is 2.71. The number of hydrogen-bond acceptors (Lipinski definition) is 8. The number of aromatic nitrogens is 1. The van der Waals surface area contributed by atoms with Crippen molar-refractivity contribution in [3.63, 3.8) is 0 Å². The summed E-state index contributed by atoms with van der Waals surface area (Å²) in [4.78, 5) is 34.7. The summed E-state index contributed by atoms with van der Waals surface area (Å²) >= 11 is 7.82. The van der Waals surface area contributed by atoms with E-state index in [4.69, 9.17) is 26.1 Å². The second-order valence-corrected chi connectivity index (χ2v) is 11.8. The number of carbonyl (C=O) groups is 2. The van der Waals surface area contributed by atoms with Gasteiger partial charge >= 0.3 is 12.1 Å². The van der Waals surface area contributed by atoms with Gasteiger partial charge in [-0.15, -0.1) is 11.3 Å². The molecule has 2 bridgehead atoms. The van der Waals surface area contributed by atoms with Gasteiger partial charge in [0.1, 0.15) is 17.5 Å². The predicted octanol–water partition coefficient (Wildman–Crippen LogP) is 4.90. The van der Waals surface area contributed by atoms with Crippen LogP contribution in [0.25, 0.3) is 0 Å². The van der Waals surface area contributed by atoms with E-state index in [-0.39, 0.29) is 10.4 Å². The molecule has 3 saturated carbocycles. The van der Waals surface area contributed by atoms with E-state index in [0.29, 0.717) is 46.9 Å². The van der Waals surface area contributed by atoms with Crippen LogP contribution in [0.4, 0.5) is 9.18 Å². The van der Waals surface area contributed by atoms with Crippen molar-refractivity contribution < 1.29 is 23.5 Å². The van der Waals surface area contributed by atoms with Gasteiger partial charge in [-0.25, -0.2) is 19.0 Å². The third-order valence-corrected chi connectivity index (χ3v) is 7.78. The van der Waals surface area contributed by atoms with E-state index in [1.807, 2.05) is 26.2 Å². The molecule has 1 unspecified atom stereocenters. The van der Waals surface area contributed by atoms with Crippen molar-refractivity contribution >= 4 is 40.8 Å². The molecule has 2 N–H and O–H groups in total. The maximum atomic E-state index is 13.8. The topological polar surface area (TPSA) is 102 Å². The number of allylic oxidation sites excluding steroid dienone is 1. The summed E-state index contributed by atoms with van der Waals surface area (Å²) in [7, 11) is 1.31. The lowest BCUT2D eigenvalue weighted by atomic mass is 9.37. The van der Waals surface area contributed by atoms with Gasteiger partial charge in [0.2, 0.25) is 0 Å². The Morgan fingerprint density at radius 1 is 1.28 bits per heavy atom. The Labute approximate surface area is 216 Å². The van der Waals surface area contributed by atoms with Crippen molar-refractivity contribution in [3.05, 3.63) is 62.5 Å². The average Bonchev–Trinajstić information content (AvgIpc) is 3.27. The zero-order valence-electron chi connectivity index (χ0n) is 20.3. The molecule has 3 fully saturated rings. The van der Waals surface area contributed by atoms with E-state index in [1.165, 1.54) is 36.6 Å². The molecule has 36 heavy (non-hydrogen) atoms. The van der Waals surface area contributed by atoms with Gasteiger partial charge in [-0.3, -0.25) is 4.99 Å². The van der Waals surface area contributed by atoms with Gasteiger partial charge in [-0.1, -0.05) is 17.7 Å². The fourth-order valence-electron chi connectivity index (χ4n) is 5.39. The number of rotatable bonds is 5. The lowest BCUT2D eigenvalue weighted by Gasteiger charge is -2.71. The largest absolute Gasteiger partial charge is 0.466 e. The quantitative estimate of drug-likeness (QED) is 0.531. The number of esters is 1. The standard InChI is InChI=1S/C25H26ClFN4O4S/c1-23(2,3)35-22(33)31-25-10-24(11-25,12-25)18-16(21(32)34-4)17(14-6-5-13(27)9-15(14)26)29-19(30-18)20-28-7-8-36-20/h5-9,17H,10-12H2,1-4H3,(H,29,30)(H,31,33). The smallest absolute Gasteiger partial charge is 0.408 e. The first-order valence-electron chi connectivity index (χ1n) is 11.5. The SMILES string of the molecule is COC(=O)C1=C(C23CC(NC(=O)OC(C)(C)C)(C2)C3)NC(c2nccs2)=NC1c1ccc(F)cc1Cl. The van der Waals surface area contributed by atoms with Crippen LogP contribution in [0.15, 0.2) is 46.0 Å². The van der Waals surface area contributed by atoms with E-state index in [1.54, 1.807) is 6.20 Å². The molecule has 4 aliphatic rings. The zero-order chi connectivity index (χ0) is 25.9. The highest BCUT2D eigenvalue weighted by atomic mass is 35.5. The van der Waals surface area contributed by atoms with E-state index in [2.05, 4.69) is 15.6 Å². The molecule has 2 heterocycles. The molecule has 2 aromatic rings. The Morgan fingerprint density at radius 3 is 2.58 bits per heavy atom. The molecular weight excluding hydrogens is 507 g/mol. The number of ether oxygens (including phenoxy) is 2. The number of nitrogens with zero attached hydrogens (tertiary/aromatic N) is 2. The second-order valence-electron chi connectivity index (χ2n) is 10.5. The third kappa shape index (κ3) is 4.26. The van der Waals surface area contributed by atoms with Crippen LogP contribution in [0.3, 0.4) is 0 Å². The molecule has 1 aromatic carbocycles. The molecule has 1 aromatic heterocycles. The number of hydrogen-bond donors (Lipinski definition) is 2. The minimum Gasteiger partial charge on any atom is -0.466 e. The molecule has 0 spiro atoms. The molecule has 11 heteroatoms. The van der Waals surface area contributed by atoms with Gasteiger partial charge in [-0.05, 0) is 52.2 Å². The lowest BCUT2D eigenvalue weighted by Crippen LogP contribution is -2.76. The summed E-state index contributed by atoms with van der Waals surface area (Å²) in [5, 5.41) is 9.00. The Bertz CT molecular complexity index is 1280. The van der Waals surface area contributed by atoms with Gasteiger partial charge in [-0.2, -0.15) is 0 Å². The summed E-state index contributed by atoms with van der Waals surface area (Å²) in [5.41, 5.74) is 0.0978. The van der Waals surface area contributed by atoms with Crippen LogP contribution < -0.4 is 10.6 Å². The number of alkyl carbamates (subject to hydrolysis) is 1. The summed E-state index contributed by atoms with van der Waals surface area (Å²) in [6.07, 6.45) is 3.07. The molecule has 3 aliphatic carbocycles. The van der Waals surface area contributed by atoms with Crippen molar-refractivity contribution in [1.82, 2.24) is 15.6 Å². The summed E-state index contributed by atoms with van der Waals surface area (Å²) in [6, 6.07) is 3.21. The van der Waals surface area contributed by atoms with E-state index >= 15 is 0 Å². The Hall–Kier alpha value is -2.98. The van der Waals surface area contributed by atoms with Crippen LogP contribution >= 0.6 is 22.9 Å². The normalized spacial score (nSPS) is 26.7. The Morgan fingerprint density at radius 2 is 2.00 bits per heavy atom. The molecule has 1 amide bonds. The highest BCUT2D eigenvalue weighted by molar-refractivity contribution is 7.11. The molecule has 190 valence electrons. The number of aliphatic imine (C=N–C) groups is 1. The predicted molar refractivity (Wildman–Crippen MR) is 133 cm³/mol. The first-order chi connectivity index (χ1) is 16.9. The number of amidine groups is 1. The number of halogens is 2. The van der Waals surface area contributed by atoms with Crippen LogP contribution in [-0.2, 0) is 14.3 Å². The van der Waals surface area contributed by atoms with Crippen LogP contribution in [0.5, 0.6) is 0 Å². The molecule has 1 aliphatic heterocycles. The number of carbonyl (C=O) groups excluding carboxylic acids is 2. The summed E-state index contributed by atoms with van der Waals surface area (Å²) < 4.78 is 24.4. The highest BCUT2D eigenvalue weighted by Gasteiger charge is 2.71. The van der Waals surface area contributed by atoms with Crippen molar-refractivity contribution in [2.75, 3.05) is 7.11 Å². The third-order valence-electron chi connectivity index (χ3n) is 6.67. The maximum absolute atomic E-state index is 13.8. The van der Waals surface area contributed by atoms with Gasteiger partial charge in [0.15, 0.2) is 10.8 Å². The van der Waals surface area contributed by atoms with E-state index < -0.39 is 35.1 Å². The number of amides is 1.